The van der Waals surface area contributed by atoms with E-state index in [1.54, 1.807) is 0 Å². The Labute approximate surface area is 340 Å². The summed E-state index contributed by atoms with van der Waals surface area (Å²) in [6, 6.07) is -1.23. The van der Waals surface area contributed by atoms with E-state index < -0.39 is 40.0 Å². The average molecular weight is 796 g/mol. The fraction of sp³-hybridized carbons (Fsp3) is 0.851. The lowest BCUT2D eigenvalue weighted by Crippen LogP contribution is -2.50. The van der Waals surface area contributed by atoms with E-state index in [2.05, 4.69) is 43.5 Å². The van der Waals surface area contributed by atoms with Gasteiger partial charge in [-0.05, 0) is 44.9 Å². The molecule has 0 bridgehead atoms. The summed E-state index contributed by atoms with van der Waals surface area (Å²) in [7, 11) is -4.44. The second-order valence-electron chi connectivity index (χ2n) is 16.2. The van der Waals surface area contributed by atoms with Crippen LogP contribution in [0.25, 0.3) is 0 Å². The molecule has 0 spiro atoms. The molecule has 1 amide bonds. The number of carbonyl (C=O) groups is 1. The topological polar surface area (TPSA) is 124 Å². The Kier molecular flexibility index (Phi) is 39.6. The van der Waals surface area contributed by atoms with E-state index in [4.69, 9.17) is 0 Å². The van der Waals surface area contributed by atoms with Crippen molar-refractivity contribution in [2.75, 3.05) is 5.75 Å². The molecule has 3 atom stereocenters. The van der Waals surface area contributed by atoms with Gasteiger partial charge in [0, 0.05) is 0 Å². The molecule has 4 N–H and O–H groups in total. The molecule has 324 valence electrons. The van der Waals surface area contributed by atoms with E-state index in [0.717, 1.165) is 51.4 Å². The number of hydrogen-bond acceptors (Lipinski definition) is 5. The average Bonchev–Trinajstić information content (AvgIpc) is 3.15. The third kappa shape index (κ3) is 40.5. The Morgan fingerprint density at radius 3 is 1.33 bits per heavy atom. The van der Waals surface area contributed by atoms with Crippen LogP contribution in [0.4, 0.5) is 0 Å². The number of rotatable bonds is 42. The molecule has 8 heteroatoms. The van der Waals surface area contributed by atoms with E-state index in [0.29, 0.717) is 6.42 Å². The largest absolute Gasteiger partial charge is 0.387 e. The Balaban J connectivity index is 3.93. The van der Waals surface area contributed by atoms with Crippen LogP contribution >= 0.6 is 0 Å². The summed E-state index contributed by atoms with van der Waals surface area (Å²) in [5.74, 6) is -1.53. The summed E-state index contributed by atoms with van der Waals surface area (Å²) in [4.78, 5) is 12.6. The Bertz CT molecular complexity index is 1030. The fourth-order valence-corrected chi connectivity index (χ4v) is 7.88. The third-order valence-corrected chi connectivity index (χ3v) is 11.5. The maximum absolute atomic E-state index is 12.6. The van der Waals surface area contributed by atoms with Crippen LogP contribution in [0.1, 0.15) is 232 Å². The van der Waals surface area contributed by atoms with Crippen molar-refractivity contribution in [1.82, 2.24) is 5.32 Å². The van der Waals surface area contributed by atoms with Crippen LogP contribution in [0.15, 0.2) is 36.5 Å². The van der Waals surface area contributed by atoms with E-state index >= 15 is 0 Å². The van der Waals surface area contributed by atoms with Gasteiger partial charge in [0.25, 0.3) is 10.1 Å². The number of amides is 1. The van der Waals surface area contributed by atoms with Crippen molar-refractivity contribution in [3.8, 4) is 0 Å². The van der Waals surface area contributed by atoms with Gasteiger partial charge < -0.3 is 15.5 Å². The monoisotopic (exact) mass is 796 g/mol. The quantitative estimate of drug-likeness (QED) is 0.0277. The molecule has 0 heterocycles. The van der Waals surface area contributed by atoms with Gasteiger partial charge >= 0.3 is 0 Å². The number of aliphatic hydroxyl groups excluding tert-OH is 2. The van der Waals surface area contributed by atoms with Gasteiger partial charge in [0.2, 0.25) is 5.91 Å². The summed E-state index contributed by atoms with van der Waals surface area (Å²) < 4.78 is 32.6. The van der Waals surface area contributed by atoms with Gasteiger partial charge in [-0.25, -0.2) is 0 Å². The predicted molar refractivity (Wildman–Crippen MR) is 236 cm³/mol. The highest BCUT2D eigenvalue weighted by Crippen LogP contribution is 2.16. The van der Waals surface area contributed by atoms with Crippen molar-refractivity contribution in [2.24, 2.45) is 0 Å². The minimum absolute atomic E-state index is 0.280. The molecule has 0 rings (SSSR count). The van der Waals surface area contributed by atoms with Crippen LogP contribution < -0.4 is 5.32 Å². The van der Waals surface area contributed by atoms with Crippen molar-refractivity contribution < 1.29 is 28.0 Å². The van der Waals surface area contributed by atoms with Crippen molar-refractivity contribution in [3.63, 3.8) is 0 Å². The maximum Gasteiger partial charge on any atom is 0.267 e. The van der Waals surface area contributed by atoms with Gasteiger partial charge in [-0.3, -0.25) is 9.35 Å². The minimum atomic E-state index is -4.44. The van der Waals surface area contributed by atoms with Crippen LogP contribution in [-0.4, -0.2) is 53.1 Å². The van der Waals surface area contributed by atoms with E-state index in [1.165, 1.54) is 160 Å². The Hall–Kier alpha value is -1.48. The molecular formula is C47H89NO6S. The van der Waals surface area contributed by atoms with Crippen molar-refractivity contribution >= 4 is 16.0 Å². The molecule has 0 fully saturated rings. The standard InChI is InChI=1S/C47H89NO6S/c1-3-5-7-9-11-13-15-17-19-21-23-24-26-28-30-32-34-36-38-40-42-46(50)47(51)48-44(43-55(52,53)54)45(49)41-39-37-35-33-31-29-27-25-22-20-18-16-14-12-10-8-6-4-2/h5,7,11,13,39,41,44-46,49-50H,3-4,6,8-10,12,14-38,40,42-43H2,1-2H3,(H,48,51)(H,52,53,54)/b7-5-,13-11-,41-39+. The lowest BCUT2D eigenvalue weighted by atomic mass is 10.0. The highest BCUT2D eigenvalue weighted by molar-refractivity contribution is 7.85. The highest BCUT2D eigenvalue weighted by Gasteiger charge is 2.27. The predicted octanol–water partition coefficient (Wildman–Crippen LogP) is 13.1. The van der Waals surface area contributed by atoms with Gasteiger partial charge in [-0.15, -0.1) is 0 Å². The van der Waals surface area contributed by atoms with Crippen LogP contribution in [0, 0.1) is 0 Å². The zero-order chi connectivity index (χ0) is 40.5. The number of allylic oxidation sites excluding steroid dienone is 5. The molecule has 0 aliphatic heterocycles. The summed E-state index contributed by atoms with van der Waals surface area (Å²) in [6.45, 7) is 4.43. The second-order valence-corrected chi connectivity index (χ2v) is 17.6. The first-order chi connectivity index (χ1) is 26.7. The second kappa shape index (κ2) is 40.7. The van der Waals surface area contributed by atoms with Crippen LogP contribution in [-0.2, 0) is 14.9 Å². The number of nitrogens with one attached hydrogen (secondary N) is 1. The first-order valence-corrected chi connectivity index (χ1v) is 24.9. The Morgan fingerprint density at radius 2 is 0.909 bits per heavy atom. The van der Waals surface area contributed by atoms with E-state index in [-0.39, 0.29) is 6.42 Å². The third-order valence-electron chi connectivity index (χ3n) is 10.7. The smallest absolute Gasteiger partial charge is 0.267 e. The van der Waals surface area contributed by atoms with Gasteiger partial charge in [0.15, 0.2) is 0 Å². The SMILES string of the molecule is CC/C=C\C/C=C\CCCCCCCCCCCCCCCC(O)C(=O)NC(CS(=O)(=O)O)C(O)/C=C/CCCCCCCCCCCCCCCCCC. The van der Waals surface area contributed by atoms with Crippen molar-refractivity contribution in [3.05, 3.63) is 36.5 Å². The van der Waals surface area contributed by atoms with Crippen LogP contribution in [0.3, 0.4) is 0 Å². The molecule has 0 aromatic carbocycles. The Morgan fingerprint density at radius 1 is 0.527 bits per heavy atom. The highest BCUT2D eigenvalue weighted by atomic mass is 32.2. The van der Waals surface area contributed by atoms with Gasteiger partial charge in [0.1, 0.15) is 6.10 Å². The number of unbranched alkanes of at least 4 members (excludes halogenated alkanes) is 29. The normalized spacial score (nSPS) is 14.1. The van der Waals surface area contributed by atoms with Crippen LogP contribution in [0.2, 0.25) is 0 Å². The van der Waals surface area contributed by atoms with E-state index in [1.807, 2.05) is 6.08 Å². The lowest BCUT2D eigenvalue weighted by Gasteiger charge is -2.22. The molecule has 3 unspecified atom stereocenters. The summed E-state index contributed by atoms with van der Waals surface area (Å²) in [6.07, 6.45) is 50.6. The molecule has 0 aromatic rings. The van der Waals surface area contributed by atoms with Gasteiger partial charge in [0.05, 0.1) is 17.9 Å². The molecule has 55 heavy (non-hydrogen) atoms. The lowest BCUT2D eigenvalue weighted by molar-refractivity contribution is -0.130. The van der Waals surface area contributed by atoms with Crippen molar-refractivity contribution in [1.29, 1.82) is 0 Å². The van der Waals surface area contributed by atoms with Gasteiger partial charge in [-0.1, -0.05) is 224 Å². The van der Waals surface area contributed by atoms with E-state index in [9.17, 15) is 28.0 Å². The first kappa shape index (κ1) is 53.5. The first-order valence-electron chi connectivity index (χ1n) is 23.3. The molecule has 0 aliphatic rings. The minimum Gasteiger partial charge on any atom is -0.387 e. The van der Waals surface area contributed by atoms with Crippen molar-refractivity contribution in [2.45, 2.75) is 250 Å². The zero-order valence-electron chi connectivity index (χ0n) is 35.9. The van der Waals surface area contributed by atoms with Gasteiger partial charge in [-0.2, -0.15) is 8.42 Å². The molecule has 0 saturated carbocycles. The number of hydrogen-bond donors (Lipinski definition) is 4. The molecule has 7 nitrogen and oxygen atoms in total. The summed E-state index contributed by atoms with van der Waals surface area (Å²) in [5.41, 5.74) is 0. The fourth-order valence-electron chi connectivity index (χ4n) is 7.14. The number of aliphatic hydroxyl groups is 2. The van der Waals surface area contributed by atoms with Crippen LogP contribution in [0.5, 0.6) is 0 Å². The molecular weight excluding hydrogens is 707 g/mol. The zero-order valence-corrected chi connectivity index (χ0v) is 36.7. The molecule has 0 aliphatic carbocycles. The summed E-state index contributed by atoms with van der Waals surface area (Å²) in [5, 5.41) is 23.5. The summed E-state index contributed by atoms with van der Waals surface area (Å²) >= 11 is 0. The molecule has 0 saturated heterocycles. The molecule has 0 aromatic heterocycles. The maximum atomic E-state index is 12.6. The molecule has 0 radical (unpaired) electrons. The number of carbonyl (C=O) groups excluding carboxylic acids is 1.